The molecule has 0 saturated heterocycles. The van der Waals surface area contributed by atoms with Gasteiger partial charge in [0.05, 0.1) is 12.1 Å². The third-order valence-electron chi connectivity index (χ3n) is 2.48. The summed E-state index contributed by atoms with van der Waals surface area (Å²) in [5, 5.41) is 2.60. The second-order valence-corrected chi connectivity index (χ2v) is 4.29. The van der Waals surface area contributed by atoms with Gasteiger partial charge in [-0.2, -0.15) is 13.2 Å². The van der Waals surface area contributed by atoms with Gasteiger partial charge in [0.15, 0.2) is 11.9 Å². The van der Waals surface area contributed by atoms with Crippen LogP contribution in [0.15, 0.2) is 34.3 Å². The van der Waals surface area contributed by atoms with Gasteiger partial charge < -0.3 is 11.5 Å². The summed E-state index contributed by atoms with van der Waals surface area (Å²) in [5.41, 5.74) is 11.1. The number of nitrogens with one attached hydrogen (secondary N) is 1. The highest BCUT2D eigenvalue weighted by Gasteiger charge is 2.29. The molecular weight excluding hydrogens is 283 g/mol. The van der Waals surface area contributed by atoms with Crippen LogP contribution in [0.4, 0.5) is 13.2 Å². The molecule has 1 aromatic rings. The van der Waals surface area contributed by atoms with Crippen LogP contribution in [0.1, 0.15) is 24.5 Å². The van der Waals surface area contributed by atoms with Gasteiger partial charge in [0.1, 0.15) is 0 Å². The van der Waals surface area contributed by atoms with E-state index in [-0.39, 0.29) is 18.5 Å². The molecule has 0 atom stereocenters. The molecule has 5 N–H and O–H groups in total. The molecule has 0 aromatic heterocycles. The molecule has 0 radical (unpaired) electrons. The Morgan fingerprint density at radius 3 is 2.19 bits per heavy atom. The Kier molecular flexibility index (Phi) is 6.01. The molecule has 0 bridgehead atoms. The lowest BCUT2D eigenvalue weighted by Gasteiger charge is -2.07. The highest BCUT2D eigenvalue weighted by atomic mass is 19.4. The summed E-state index contributed by atoms with van der Waals surface area (Å²) < 4.78 is 37.2. The van der Waals surface area contributed by atoms with Gasteiger partial charge in [-0.25, -0.2) is 4.99 Å². The fourth-order valence-electron chi connectivity index (χ4n) is 1.42. The van der Waals surface area contributed by atoms with Crippen molar-refractivity contribution in [2.45, 2.75) is 26.1 Å². The lowest BCUT2D eigenvalue weighted by Crippen LogP contribution is -2.41. The largest absolute Gasteiger partial charge is 0.416 e. The zero-order valence-corrected chi connectivity index (χ0v) is 11.6. The minimum atomic E-state index is -4.34. The minimum Gasteiger partial charge on any atom is -0.370 e. The molecule has 0 saturated carbocycles. The Hall–Kier alpha value is -2.25. The van der Waals surface area contributed by atoms with Gasteiger partial charge in [0.2, 0.25) is 0 Å². The number of aliphatic imine (C=N–C) groups is 2. The number of halogens is 3. The van der Waals surface area contributed by atoms with Crippen molar-refractivity contribution < 1.29 is 13.2 Å². The number of hydrogen-bond acceptors (Lipinski definition) is 2. The SMILES string of the molecule is CCCN=C(N)NC(N)=NCc1ccc(C(F)(F)F)cc1. The summed E-state index contributed by atoms with van der Waals surface area (Å²) in [7, 11) is 0. The predicted molar refractivity (Wildman–Crippen MR) is 76.7 cm³/mol. The van der Waals surface area contributed by atoms with Gasteiger partial charge >= 0.3 is 6.18 Å². The summed E-state index contributed by atoms with van der Waals surface area (Å²) in [4.78, 5) is 7.95. The summed E-state index contributed by atoms with van der Waals surface area (Å²) in [6.45, 7) is 2.68. The first-order valence-electron chi connectivity index (χ1n) is 6.36. The number of benzene rings is 1. The topological polar surface area (TPSA) is 88.8 Å². The lowest BCUT2D eigenvalue weighted by atomic mass is 10.1. The maximum Gasteiger partial charge on any atom is 0.416 e. The molecule has 0 heterocycles. The summed E-state index contributed by atoms with van der Waals surface area (Å²) in [5.74, 6) is 0.220. The Morgan fingerprint density at radius 2 is 1.67 bits per heavy atom. The van der Waals surface area contributed by atoms with Gasteiger partial charge in [-0.1, -0.05) is 19.1 Å². The second kappa shape index (κ2) is 7.51. The molecule has 1 aromatic carbocycles. The number of rotatable bonds is 4. The Bertz CT molecular complexity index is 506. The molecule has 0 aliphatic heterocycles. The first kappa shape index (κ1) is 16.8. The van der Waals surface area contributed by atoms with E-state index >= 15 is 0 Å². The molecule has 0 aliphatic carbocycles. The van der Waals surface area contributed by atoms with Crippen LogP contribution in [0.3, 0.4) is 0 Å². The van der Waals surface area contributed by atoms with E-state index in [0.717, 1.165) is 18.6 Å². The van der Waals surface area contributed by atoms with E-state index in [1.165, 1.54) is 12.1 Å². The van der Waals surface area contributed by atoms with Gasteiger partial charge in [0, 0.05) is 6.54 Å². The first-order chi connectivity index (χ1) is 9.82. The standard InChI is InChI=1S/C13H18F3N5/c1-2-7-19-11(17)21-12(18)20-8-9-3-5-10(6-4-9)13(14,15)16/h3-6H,2,7-8H2,1H3,(H5,17,18,19,20,21). The molecular formula is C13H18F3N5. The highest BCUT2D eigenvalue weighted by molar-refractivity contribution is 5.96. The van der Waals surface area contributed by atoms with Crippen molar-refractivity contribution in [1.82, 2.24) is 5.32 Å². The van der Waals surface area contributed by atoms with Crippen molar-refractivity contribution in [3.05, 3.63) is 35.4 Å². The molecule has 0 amide bonds. The average molecular weight is 301 g/mol. The normalized spacial score (nSPS) is 13.3. The lowest BCUT2D eigenvalue weighted by molar-refractivity contribution is -0.137. The molecule has 0 spiro atoms. The Labute approximate surface area is 121 Å². The molecule has 21 heavy (non-hydrogen) atoms. The van der Waals surface area contributed by atoms with Crippen molar-refractivity contribution in [2.24, 2.45) is 21.5 Å². The van der Waals surface area contributed by atoms with Crippen molar-refractivity contribution >= 4 is 11.9 Å². The van der Waals surface area contributed by atoms with Crippen molar-refractivity contribution in [3.8, 4) is 0 Å². The van der Waals surface area contributed by atoms with E-state index in [2.05, 4.69) is 15.3 Å². The molecule has 5 nitrogen and oxygen atoms in total. The fraction of sp³-hybridized carbons (Fsp3) is 0.385. The maximum atomic E-state index is 12.4. The summed E-state index contributed by atoms with van der Waals surface area (Å²) >= 11 is 0. The summed E-state index contributed by atoms with van der Waals surface area (Å²) in [6, 6.07) is 4.72. The third-order valence-corrected chi connectivity index (χ3v) is 2.48. The van der Waals surface area contributed by atoms with Crippen LogP contribution in [0.2, 0.25) is 0 Å². The highest BCUT2D eigenvalue weighted by Crippen LogP contribution is 2.29. The van der Waals surface area contributed by atoms with Gasteiger partial charge in [-0.15, -0.1) is 0 Å². The minimum absolute atomic E-state index is 0.0623. The molecule has 0 fully saturated rings. The van der Waals surface area contributed by atoms with E-state index in [1.54, 1.807) is 0 Å². The fourth-order valence-corrected chi connectivity index (χ4v) is 1.42. The predicted octanol–water partition coefficient (Wildman–Crippen LogP) is 1.83. The summed E-state index contributed by atoms with van der Waals surface area (Å²) in [6.07, 6.45) is -3.49. The van der Waals surface area contributed by atoms with Crippen LogP contribution in [-0.4, -0.2) is 18.5 Å². The number of guanidine groups is 2. The van der Waals surface area contributed by atoms with Crippen LogP contribution < -0.4 is 16.8 Å². The van der Waals surface area contributed by atoms with E-state index in [0.29, 0.717) is 12.1 Å². The van der Waals surface area contributed by atoms with E-state index in [4.69, 9.17) is 11.5 Å². The van der Waals surface area contributed by atoms with Crippen molar-refractivity contribution in [2.75, 3.05) is 6.54 Å². The zero-order valence-electron chi connectivity index (χ0n) is 11.6. The quantitative estimate of drug-likeness (QED) is 0.585. The average Bonchev–Trinajstić information content (AvgIpc) is 2.42. The van der Waals surface area contributed by atoms with Crippen molar-refractivity contribution in [3.63, 3.8) is 0 Å². The van der Waals surface area contributed by atoms with Crippen LogP contribution >= 0.6 is 0 Å². The number of alkyl halides is 3. The number of hydrogen-bond donors (Lipinski definition) is 3. The smallest absolute Gasteiger partial charge is 0.370 e. The Balaban J connectivity index is 2.59. The van der Waals surface area contributed by atoms with Gasteiger partial charge in [-0.05, 0) is 24.1 Å². The first-order valence-corrected chi connectivity index (χ1v) is 6.36. The van der Waals surface area contributed by atoms with Crippen LogP contribution in [-0.2, 0) is 12.7 Å². The van der Waals surface area contributed by atoms with Gasteiger partial charge in [-0.3, -0.25) is 10.3 Å². The number of nitrogens with zero attached hydrogens (tertiary/aromatic N) is 2. The van der Waals surface area contributed by atoms with Crippen LogP contribution in [0.25, 0.3) is 0 Å². The molecule has 0 aliphatic rings. The van der Waals surface area contributed by atoms with E-state index in [9.17, 15) is 13.2 Å². The molecule has 8 heteroatoms. The van der Waals surface area contributed by atoms with Crippen LogP contribution in [0, 0.1) is 0 Å². The Morgan fingerprint density at radius 1 is 1.10 bits per heavy atom. The molecule has 116 valence electrons. The van der Waals surface area contributed by atoms with Crippen molar-refractivity contribution in [1.29, 1.82) is 0 Å². The van der Waals surface area contributed by atoms with E-state index < -0.39 is 11.7 Å². The molecule has 0 unspecified atom stereocenters. The number of nitrogens with two attached hydrogens (primary N) is 2. The monoisotopic (exact) mass is 301 g/mol. The van der Waals surface area contributed by atoms with E-state index in [1.807, 2.05) is 6.92 Å². The third kappa shape index (κ3) is 6.15. The maximum absolute atomic E-state index is 12.4. The van der Waals surface area contributed by atoms with Gasteiger partial charge in [0.25, 0.3) is 0 Å². The molecule has 1 rings (SSSR count). The van der Waals surface area contributed by atoms with Crippen LogP contribution in [0.5, 0.6) is 0 Å². The second-order valence-electron chi connectivity index (χ2n) is 4.29. The zero-order chi connectivity index (χ0) is 15.9.